The number of primary sulfonamides is 1. The Kier molecular flexibility index (Phi) is 5.99. The second-order valence-corrected chi connectivity index (χ2v) is 9.57. The van der Waals surface area contributed by atoms with Crippen molar-refractivity contribution < 1.29 is 13.2 Å². The molecule has 0 aliphatic heterocycles. The molecule has 0 bridgehead atoms. The molecule has 1 amide bonds. The first-order valence-electron chi connectivity index (χ1n) is 9.43. The van der Waals surface area contributed by atoms with Gasteiger partial charge in [-0.1, -0.05) is 48.5 Å². The summed E-state index contributed by atoms with van der Waals surface area (Å²) in [4.78, 5) is 13.9. The van der Waals surface area contributed by atoms with E-state index in [9.17, 15) is 13.2 Å². The van der Waals surface area contributed by atoms with Gasteiger partial charge in [0.2, 0.25) is 10.0 Å². The van der Waals surface area contributed by atoms with Crippen molar-refractivity contribution in [2.75, 3.05) is 5.32 Å². The van der Waals surface area contributed by atoms with Crippen molar-refractivity contribution in [3.05, 3.63) is 95.0 Å². The highest BCUT2D eigenvalue weighted by Gasteiger charge is 2.19. The molecule has 31 heavy (non-hydrogen) atoms. The number of rotatable bonds is 7. The standard InChI is InChI=1S/C22H20N4O3S2/c23-31(28,29)15-17-8-10-18(11-9-17)24-22(27)19-14-26(13-16-5-2-1-3-6-16)25-21(19)20-7-4-12-30-20/h1-12,14H,13,15H2,(H,24,27)(H2,23,28,29). The normalized spacial score (nSPS) is 11.4. The van der Waals surface area contributed by atoms with Crippen LogP contribution in [-0.2, 0) is 22.3 Å². The van der Waals surface area contributed by atoms with E-state index < -0.39 is 10.0 Å². The molecular weight excluding hydrogens is 432 g/mol. The zero-order valence-electron chi connectivity index (χ0n) is 16.4. The molecule has 0 aliphatic carbocycles. The van der Waals surface area contributed by atoms with Gasteiger partial charge in [-0.25, -0.2) is 13.6 Å². The lowest BCUT2D eigenvalue weighted by molar-refractivity contribution is 0.102. The van der Waals surface area contributed by atoms with E-state index in [1.54, 1.807) is 35.1 Å². The molecule has 0 aliphatic rings. The van der Waals surface area contributed by atoms with Crippen molar-refractivity contribution in [3.8, 4) is 10.6 Å². The van der Waals surface area contributed by atoms with E-state index in [0.717, 1.165) is 10.4 Å². The number of aromatic nitrogens is 2. The summed E-state index contributed by atoms with van der Waals surface area (Å²) in [5.41, 5.74) is 3.27. The fourth-order valence-corrected chi connectivity index (χ4v) is 4.53. The van der Waals surface area contributed by atoms with Gasteiger partial charge in [0.25, 0.3) is 5.91 Å². The molecule has 0 saturated carbocycles. The molecule has 0 atom stereocenters. The highest BCUT2D eigenvalue weighted by molar-refractivity contribution is 7.88. The lowest BCUT2D eigenvalue weighted by Crippen LogP contribution is -2.15. The van der Waals surface area contributed by atoms with Crippen LogP contribution in [0.1, 0.15) is 21.5 Å². The SMILES string of the molecule is NS(=O)(=O)Cc1ccc(NC(=O)c2cn(Cc3ccccc3)nc2-c2cccs2)cc1. The fraction of sp³-hybridized carbons (Fsp3) is 0.0909. The first kappa shape index (κ1) is 21.0. The van der Waals surface area contributed by atoms with Crippen molar-refractivity contribution in [1.82, 2.24) is 9.78 Å². The van der Waals surface area contributed by atoms with Crippen molar-refractivity contribution in [2.24, 2.45) is 5.14 Å². The zero-order chi connectivity index (χ0) is 21.8. The molecule has 3 N–H and O–H groups in total. The summed E-state index contributed by atoms with van der Waals surface area (Å²) >= 11 is 1.52. The molecule has 9 heteroatoms. The minimum absolute atomic E-state index is 0.254. The topological polar surface area (TPSA) is 107 Å². The number of carbonyl (C=O) groups excluding carboxylic acids is 1. The highest BCUT2D eigenvalue weighted by Crippen LogP contribution is 2.27. The van der Waals surface area contributed by atoms with Crippen LogP contribution in [0.5, 0.6) is 0 Å². The van der Waals surface area contributed by atoms with Gasteiger partial charge in [-0.05, 0) is 34.7 Å². The second kappa shape index (κ2) is 8.84. The average Bonchev–Trinajstić information content (AvgIpc) is 3.39. The van der Waals surface area contributed by atoms with Gasteiger partial charge in [-0.2, -0.15) is 5.10 Å². The minimum atomic E-state index is -3.61. The van der Waals surface area contributed by atoms with E-state index in [2.05, 4.69) is 10.4 Å². The van der Waals surface area contributed by atoms with Crippen molar-refractivity contribution >= 4 is 33.0 Å². The van der Waals surface area contributed by atoms with Crippen molar-refractivity contribution in [1.29, 1.82) is 0 Å². The number of hydrogen-bond acceptors (Lipinski definition) is 5. The molecular formula is C22H20N4O3S2. The van der Waals surface area contributed by atoms with Gasteiger partial charge in [0.1, 0.15) is 5.69 Å². The predicted octanol–water partition coefficient (Wildman–Crippen LogP) is 3.70. The van der Waals surface area contributed by atoms with Gasteiger partial charge in [-0.3, -0.25) is 9.48 Å². The molecule has 158 valence electrons. The quantitative estimate of drug-likeness (QED) is 0.446. The molecule has 4 aromatic rings. The summed E-state index contributed by atoms with van der Waals surface area (Å²) in [7, 11) is -3.61. The number of anilines is 1. The Morgan fingerprint density at radius 3 is 2.39 bits per heavy atom. The molecule has 2 aromatic heterocycles. The van der Waals surface area contributed by atoms with E-state index in [4.69, 9.17) is 5.14 Å². The number of amides is 1. The fourth-order valence-electron chi connectivity index (χ4n) is 3.15. The molecule has 0 fully saturated rings. The third-order valence-electron chi connectivity index (χ3n) is 4.53. The summed E-state index contributed by atoms with van der Waals surface area (Å²) < 4.78 is 24.2. The zero-order valence-corrected chi connectivity index (χ0v) is 18.1. The van der Waals surface area contributed by atoms with E-state index in [-0.39, 0.29) is 11.7 Å². The molecule has 2 heterocycles. The van der Waals surface area contributed by atoms with Crippen LogP contribution >= 0.6 is 11.3 Å². The Hall–Kier alpha value is -3.27. The van der Waals surface area contributed by atoms with Gasteiger partial charge in [0, 0.05) is 11.9 Å². The summed E-state index contributed by atoms with van der Waals surface area (Å²) in [6.07, 6.45) is 1.74. The number of nitrogens with two attached hydrogens (primary N) is 1. The van der Waals surface area contributed by atoms with Gasteiger partial charge in [-0.15, -0.1) is 11.3 Å². The van der Waals surface area contributed by atoms with Crippen LogP contribution in [0.2, 0.25) is 0 Å². The summed E-state index contributed by atoms with van der Waals surface area (Å²) in [6.45, 7) is 0.550. The maximum atomic E-state index is 13.0. The highest BCUT2D eigenvalue weighted by atomic mass is 32.2. The van der Waals surface area contributed by atoms with Crippen molar-refractivity contribution in [2.45, 2.75) is 12.3 Å². The van der Waals surface area contributed by atoms with Crippen LogP contribution in [0.4, 0.5) is 5.69 Å². The lowest BCUT2D eigenvalue weighted by Gasteiger charge is -2.06. The summed E-state index contributed by atoms with van der Waals surface area (Å²) in [5.74, 6) is -0.544. The van der Waals surface area contributed by atoms with Crippen LogP contribution in [-0.4, -0.2) is 24.1 Å². The predicted molar refractivity (Wildman–Crippen MR) is 122 cm³/mol. The van der Waals surface area contributed by atoms with Crippen LogP contribution in [0.25, 0.3) is 10.6 Å². The van der Waals surface area contributed by atoms with Crippen LogP contribution in [0.15, 0.2) is 78.3 Å². The number of nitrogens with zero attached hydrogens (tertiary/aromatic N) is 2. The number of benzene rings is 2. The molecule has 4 rings (SSSR count). The Bertz CT molecular complexity index is 1280. The molecule has 0 spiro atoms. The third-order valence-corrected chi connectivity index (χ3v) is 6.14. The largest absolute Gasteiger partial charge is 0.322 e. The molecule has 0 saturated heterocycles. The monoisotopic (exact) mass is 452 g/mol. The third kappa shape index (κ3) is 5.46. The Labute approximate surface area is 184 Å². The van der Waals surface area contributed by atoms with Crippen molar-refractivity contribution in [3.63, 3.8) is 0 Å². The van der Waals surface area contributed by atoms with Crippen LogP contribution in [0, 0.1) is 0 Å². The number of sulfonamides is 1. The maximum Gasteiger partial charge on any atom is 0.259 e. The Balaban J connectivity index is 1.58. The average molecular weight is 453 g/mol. The van der Waals surface area contributed by atoms with E-state index in [1.165, 1.54) is 11.3 Å². The van der Waals surface area contributed by atoms with E-state index in [0.29, 0.717) is 29.1 Å². The number of hydrogen-bond donors (Lipinski definition) is 2. The van der Waals surface area contributed by atoms with E-state index >= 15 is 0 Å². The van der Waals surface area contributed by atoms with Crippen LogP contribution in [0.3, 0.4) is 0 Å². The summed E-state index contributed by atoms with van der Waals surface area (Å²) in [5, 5.41) is 14.5. The lowest BCUT2D eigenvalue weighted by atomic mass is 10.2. The molecule has 7 nitrogen and oxygen atoms in total. The number of carbonyl (C=O) groups is 1. The second-order valence-electron chi connectivity index (χ2n) is 7.01. The molecule has 0 radical (unpaired) electrons. The Morgan fingerprint density at radius 2 is 1.74 bits per heavy atom. The smallest absolute Gasteiger partial charge is 0.259 e. The first-order chi connectivity index (χ1) is 14.9. The van der Waals surface area contributed by atoms with Gasteiger partial charge < -0.3 is 5.32 Å². The maximum absolute atomic E-state index is 13.0. The Morgan fingerprint density at radius 1 is 1.00 bits per heavy atom. The van der Waals surface area contributed by atoms with E-state index in [1.807, 2.05) is 47.8 Å². The number of nitrogens with one attached hydrogen (secondary N) is 1. The van der Waals surface area contributed by atoms with Gasteiger partial charge in [0.05, 0.1) is 22.7 Å². The first-order valence-corrected chi connectivity index (χ1v) is 12.0. The van der Waals surface area contributed by atoms with Crippen LogP contribution < -0.4 is 10.5 Å². The number of thiophene rings is 1. The molecule has 2 aromatic carbocycles. The minimum Gasteiger partial charge on any atom is -0.322 e. The van der Waals surface area contributed by atoms with Gasteiger partial charge >= 0.3 is 0 Å². The molecule has 0 unspecified atom stereocenters. The summed E-state index contributed by atoms with van der Waals surface area (Å²) in [6, 6.07) is 20.3. The van der Waals surface area contributed by atoms with Gasteiger partial charge in [0.15, 0.2) is 0 Å².